The molecule has 0 aliphatic carbocycles. The predicted molar refractivity (Wildman–Crippen MR) is 52.5 cm³/mol. The summed E-state index contributed by atoms with van der Waals surface area (Å²) < 4.78 is 0. The van der Waals surface area contributed by atoms with E-state index in [1.54, 1.807) is 0 Å². The highest BCUT2D eigenvalue weighted by atomic mass is 32.1. The van der Waals surface area contributed by atoms with Crippen molar-refractivity contribution in [1.82, 2.24) is 4.90 Å². The van der Waals surface area contributed by atoms with E-state index < -0.39 is 5.97 Å². The van der Waals surface area contributed by atoms with Crippen molar-refractivity contribution in [3.8, 4) is 0 Å². The van der Waals surface area contributed by atoms with Gasteiger partial charge in [-0.25, -0.2) is 0 Å². The maximum absolute atomic E-state index is 10.4. The number of carbonyl (C=O) groups is 1. The average Bonchev–Trinajstić information content (AvgIpc) is 1.85. The smallest absolute Gasteiger partial charge is 0.305 e. The molecule has 0 fully saturated rings. The highest BCUT2D eigenvalue weighted by Gasteiger charge is 2.18. The monoisotopic (exact) mass is 191 g/mol. The van der Waals surface area contributed by atoms with Crippen LogP contribution in [0.4, 0.5) is 0 Å². The fraction of sp³-hybridized carbons (Fsp3) is 0.875. The third kappa shape index (κ3) is 3.97. The van der Waals surface area contributed by atoms with Crippen molar-refractivity contribution >= 4 is 18.6 Å². The van der Waals surface area contributed by atoms with Gasteiger partial charge in [-0.1, -0.05) is 6.92 Å². The van der Waals surface area contributed by atoms with Crippen molar-refractivity contribution in [3.63, 3.8) is 0 Å². The quantitative estimate of drug-likeness (QED) is 0.510. The fourth-order valence-corrected chi connectivity index (χ4v) is 1.78. The molecule has 0 aliphatic heterocycles. The number of carboxylic acid groups (broad SMARTS) is 1. The Kier molecular flexibility index (Phi) is 5.33. The van der Waals surface area contributed by atoms with Gasteiger partial charge < -0.3 is 5.11 Å². The van der Waals surface area contributed by atoms with E-state index in [1.807, 2.05) is 25.7 Å². The molecule has 0 amide bonds. The minimum Gasteiger partial charge on any atom is -0.481 e. The Bertz CT molecular complexity index is 150. The molecule has 4 heteroatoms. The second kappa shape index (κ2) is 5.43. The van der Waals surface area contributed by atoms with Crippen LogP contribution in [0, 0.1) is 0 Å². The van der Waals surface area contributed by atoms with Crippen LogP contribution in [0.1, 0.15) is 27.2 Å². The zero-order valence-corrected chi connectivity index (χ0v) is 8.71. The lowest BCUT2D eigenvalue weighted by Crippen LogP contribution is -2.38. The Balaban J connectivity index is 4.02. The van der Waals surface area contributed by atoms with Crippen molar-refractivity contribution in [2.45, 2.75) is 38.6 Å². The average molecular weight is 191 g/mol. The molecular weight excluding hydrogens is 174 g/mol. The highest BCUT2D eigenvalue weighted by Crippen LogP contribution is 2.11. The number of thiol groups is 1. The van der Waals surface area contributed by atoms with Crippen LogP contribution in [0.15, 0.2) is 0 Å². The highest BCUT2D eigenvalue weighted by molar-refractivity contribution is 7.80. The Morgan fingerprint density at radius 3 is 2.33 bits per heavy atom. The largest absolute Gasteiger partial charge is 0.481 e. The van der Waals surface area contributed by atoms with Crippen LogP contribution < -0.4 is 0 Å². The van der Waals surface area contributed by atoms with Gasteiger partial charge in [0.05, 0.1) is 11.8 Å². The molecule has 0 aromatic heterocycles. The van der Waals surface area contributed by atoms with Gasteiger partial charge >= 0.3 is 5.97 Å². The van der Waals surface area contributed by atoms with Crippen LogP contribution in [0.5, 0.6) is 0 Å². The Morgan fingerprint density at radius 1 is 1.58 bits per heavy atom. The van der Waals surface area contributed by atoms with Crippen LogP contribution in [-0.2, 0) is 4.79 Å². The normalized spacial score (nSPS) is 13.8. The molecule has 0 saturated carbocycles. The number of aliphatic carboxylic acids is 1. The third-order valence-corrected chi connectivity index (χ3v) is 2.25. The van der Waals surface area contributed by atoms with Gasteiger partial charge in [0.1, 0.15) is 0 Å². The summed E-state index contributed by atoms with van der Waals surface area (Å²) in [4.78, 5) is 12.4. The van der Waals surface area contributed by atoms with Crippen LogP contribution in [0.3, 0.4) is 0 Å². The first-order valence-electron chi connectivity index (χ1n) is 4.14. The summed E-state index contributed by atoms with van der Waals surface area (Å²) in [5, 5.41) is 8.36. The molecule has 0 rings (SSSR count). The molecule has 0 aromatic carbocycles. The van der Waals surface area contributed by atoms with E-state index in [2.05, 4.69) is 12.6 Å². The maximum atomic E-state index is 10.4. The van der Waals surface area contributed by atoms with E-state index in [9.17, 15) is 4.79 Å². The Morgan fingerprint density at radius 2 is 2.08 bits per heavy atom. The maximum Gasteiger partial charge on any atom is 0.305 e. The molecule has 0 aliphatic rings. The standard InChI is InChI=1S/C8H17NO2S/c1-4-9(6(2)3)7(12)5-8(10)11/h6-7,12H,4-5H2,1-3H3,(H,10,11). The molecule has 0 saturated heterocycles. The first-order chi connectivity index (χ1) is 5.49. The van der Waals surface area contributed by atoms with E-state index in [0.717, 1.165) is 6.54 Å². The molecule has 1 unspecified atom stereocenters. The Hall–Kier alpha value is -0.220. The summed E-state index contributed by atoms with van der Waals surface area (Å²) in [5.74, 6) is -0.797. The van der Waals surface area contributed by atoms with Crippen molar-refractivity contribution < 1.29 is 9.90 Å². The summed E-state index contributed by atoms with van der Waals surface area (Å²) in [6.45, 7) is 6.91. The lowest BCUT2D eigenvalue weighted by molar-refractivity contribution is -0.137. The topological polar surface area (TPSA) is 40.5 Å². The second-order valence-corrected chi connectivity index (χ2v) is 3.60. The van der Waals surface area contributed by atoms with E-state index in [1.165, 1.54) is 0 Å². The van der Waals surface area contributed by atoms with Crippen molar-refractivity contribution in [2.75, 3.05) is 6.54 Å². The van der Waals surface area contributed by atoms with Crippen molar-refractivity contribution in [3.05, 3.63) is 0 Å². The lowest BCUT2D eigenvalue weighted by Gasteiger charge is -2.29. The molecule has 12 heavy (non-hydrogen) atoms. The molecule has 1 N–H and O–H groups in total. The van der Waals surface area contributed by atoms with Crippen molar-refractivity contribution in [1.29, 1.82) is 0 Å². The van der Waals surface area contributed by atoms with Crippen LogP contribution in [0.25, 0.3) is 0 Å². The van der Waals surface area contributed by atoms with Gasteiger partial charge in [-0.3, -0.25) is 9.69 Å². The number of carboxylic acids is 1. The molecule has 0 bridgehead atoms. The van der Waals surface area contributed by atoms with E-state index in [4.69, 9.17) is 5.11 Å². The molecule has 0 aromatic rings. The summed E-state index contributed by atoms with van der Waals surface area (Å²) in [6.07, 6.45) is 0.0924. The first-order valence-corrected chi connectivity index (χ1v) is 4.66. The van der Waals surface area contributed by atoms with Gasteiger partial charge in [-0.2, -0.15) is 12.6 Å². The molecule has 0 heterocycles. The SMILES string of the molecule is CCN(C(C)C)C(S)CC(=O)O. The molecule has 0 radical (unpaired) electrons. The summed E-state index contributed by atoms with van der Waals surface area (Å²) in [7, 11) is 0. The molecular formula is C8H17NO2S. The number of hydrogen-bond donors (Lipinski definition) is 2. The van der Waals surface area contributed by atoms with Gasteiger partial charge in [0.25, 0.3) is 0 Å². The van der Waals surface area contributed by atoms with Gasteiger partial charge in [0.15, 0.2) is 0 Å². The number of rotatable bonds is 5. The van der Waals surface area contributed by atoms with Gasteiger partial charge in [-0.15, -0.1) is 0 Å². The van der Waals surface area contributed by atoms with E-state index >= 15 is 0 Å². The molecule has 0 spiro atoms. The summed E-state index contributed by atoms with van der Waals surface area (Å²) >= 11 is 4.23. The van der Waals surface area contributed by atoms with Crippen LogP contribution >= 0.6 is 12.6 Å². The number of hydrogen-bond acceptors (Lipinski definition) is 3. The minimum absolute atomic E-state index is 0.0924. The molecule has 1 atom stereocenters. The fourth-order valence-electron chi connectivity index (χ4n) is 1.19. The zero-order chi connectivity index (χ0) is 9.72. The second-order valence-electron chi connectivity index (χ2n) is 3.00. The third-order valence-electron chi connectivity index (χ3n) is 1.77. The number of nitrogens with zero attached hydrogens (tertiary/aromatic N) is 1. The molecule has 72 valence electrons. The molecule has 3 nitrogen and oxygen atoms in total. The van der Waals surface area contributed by atoms with Gasteiger partial charge in [-0.05, 0) is 20.4 Å². The first kappa shape index (κ1) is 11.8. The predicted octanol–water partition coefficient (Wildman–Crippen LogP) is 1.45. The Labute approximate surface area is 79.2 Å². The van der Waals surface area contributed by atoms with Gasteiger partial charge in [0.2, 0.25) is 0 Å². The minimum atomic E-state index is -0.797. The van der Waals surface area contributed by atoms with E-state index in [-0.39, 0.29) is 11.8 Å². The van der Waals surface area contributed by atoms with E-state index in [0.29, 0.717) is 6.04 Å². The van der Waals surface area contributed by atoms with Crippen LogP contribution in [0.2, 0.25) is 0 Å². The zero-order valence-electron chi connectivity index (χ0n) is 7.82. The summed E-state index contributed by atoms with van der Waals surface area (Å²) in [6, 6.07) is 0.344. The lowest BCUT2D eigenvalue weighted by atomic mass is 10.3. The van der Waals surface area contributed by atoms with Crippen molar-refractivity contribution in [2.24, 2.45) is 0 Å². The van der Waals surface area contributed by atoms with Gasteiger partial charge in [0, 0.05) is 6.04 Å². The summed E-state index contributed by atoms with van der Waals surface area (Å²) in [5.41, 5.74) is 0. The van der Waals surface area contributed by atoms with Crippen LogP contribution in [-0.4, -0.2) is 33.9 Å².